The van der Waals surface area contributed by atoms with Crippen LogP contribution in [0.25, 0.3) is 0 Å². The second kappa shape index (κ2) is 5.40. The van der Waals surface area contributed by atoms with Gasteiger partial charge in [0.1, 0.15) is 0 Å². The Morgan fingerprint density at radius 3 is 2.46 bits per heavy atom. The van der Waals surface area contributed by atoms with Crippen LogP contribution in [0.2, 0.25) is 0 Å². The molecule has 0 saturated carbocycles. The van der Waals surface area contributed by atoms with Gasteiger partial charge in [0.05, 0.1) is 0 Å². The molecule has 0 radical (unpaired) electrons. The highest BCUT2D eigenvalue weighted by Crippen LogP contribution is 2.20. The predicted octanol–water partition coefficient (Wildman–Crippen LogP) is 3.59. The molecule has 0 aliphatic rings. The Morgan fingerprint density at radius 2 is 1.92 bits per heavy atom. The Kier molecular flexibility index (Phi) is 4.46. The quantitative estimate of drug-likeness (QED) is 0.785. The van der Waals surface area contributed by atoms with E-state index in [1.807, 2.05) is 0 Å². The van der Waals surface area contributed by atoms with Crippen molar-refractivity contribution in [2.45, 2.75) is 19.3 Å². The summed E-state index contributed by atoms with van der Waals surface area (Å²) >= 11 is 3.42. The second-order valence-corrected chi connectivity index (χ2v) is 4.15. The van der Waals surface area contributed by atoms with Crippen LogP contribution < -0.4 is 0 Å². The van der Waals surface area contributed by atoms with Crippen molar-refractivity contribution < 1.29 is 4.74 Å². The van der Waals surface area contributed by atoms with E-state index in [0.717, 1.165) is 17.5 Å². The zero-order valence-corrected chi connectivity index (χ0v) is 9.67. The molecule has 0 aliphatic heterocycles. The molecule has 0 saturated heterocycles. The molecule has 0 heterocycles. The van der Waals surface area contributed by atoms with E-state index in [-0.39, 0.29) is 0 Å². The molecule has 1 unspecified atom stereocenters. The summed E-state index contributed by atoms with van der Waals surface area (Å²) in [7, 11) is 1.74. The fourth-order valence-electron chi connectivity index (χ4n) is 1.25. The van der Waals surface area contributed by atoms with Crippen LogP contribution in [0.1, 0.15) is 24.8 Å². The maximum Gasteiger partial charge on any atom is 0.0467 e. The van der Waals surface area contributed by atoms with Crippen molar-refractivity contribution >= 4 is 15.9 Å². The van der Waals surface area contributed by atoms with Crippen LogP contribution in [0.3, 0.4) is 0 Å². The van der Waals surface area contributed by atoms with Crippen LogP contribution in [0.15, 0.2) is 28.7 Å². The lowest BCUT2D eigenvalue weighted by Crippen LogP contribution is -1.98. The fraction of sp³-hybridized carbons (Fsp3) is 0.455. The number of hydrogen-bond donors (Lipinski definition) is 0. The third-order valence-corrected chi connectivity index (χ3v) is 2.72. The van der Waals surface area contributed by atoms with Gasteiger partial charge in [-0.1, -0.05) is 35.0 Å². The molecule has 1 nitrogen and oxygen atoms in total. The summed E-state index contributed by atoms with van der Waals surface area (Å²) in [6.45, 7) is 3.06. The third kappa shape index (κ3) is 3.49. The highest BCUT2D eigenvalue weighted by molar-refractivity contribution is 9.10. The molecule has 1 atom stereocenters. The molecule has 0 bridgehead atoms. The highest BCUT2D eigenvalue weighted by atomic mass is 79.9. The van der Waals surface area contributed by atoms with Gasteiger partial charge in [0.25, 0.3) is 0 Å². The van der Waals surface area contributed by atoms with E-state index in [1.54, 1.807) is 7.11 Å². The molecular weight excluding hydrogens is 228 g/mol. The molecule has 2 heteroatoms. The van der Waals surface area contributed by atoms with Gasteiger partial charge in [0.2, 0.25) is 0 Å². The number of hydrogen-bond acceptors (Lipinski definition) is 1. The molecule has 0 fully saturated rings. The van der Waals surface area contributed by atoms with Crippen LogP contribution in [-0.2, 0) is 4.74 Å². The zero-order chi connectivity index (χ0) is 9.68. The van der Waals surface area contributed by atoms with Gasteiger partial charge >= 0.3 is 0 Å². The molecule has 0 aliphatic carbocycles. The first-order chi connectivity index (χ1) is 6.24. The van der Waals surface area contributed by atoms with Gasteiger partial charge in [-0.3, -0.25) is 0 Å². The average Bonchev–Trinajstić information content (AvgIpc) is 2.15. The molecule has 0 aromatic heterocycles. The summed E-state index contributed by atoms with van der Waals surface area (Å²) in [5, 5.41) is 0. The normalized spacial score (nSPS) is 12.8. The molecule has 1 aromatic carbocycles. The van der Waals surface area contributed by atoms with E-state index in [2.05, 4.69) is 47.1 Å². The number of benzene rings is 1. The summed E-state index contributed by atoms with van der Waals surface area (Å²) in [6, 6.07) is 8.48. The smallest absolute Gasteiger partial charge is 0.0467 e. The minimum atomic E-state index is 0.577. The summed E-state index contributed by atoms with van der Waals surface area (Å²) in [5.74, 6) is 0.577. The van der Waals surface area contributed by atoms with E-state index >= 15 is 0 Å². The van der Waals surface area contributed by atoms with Crippen molar-refractivity contribution in [1.29, 1.82) is 0 Å². The number of halogens is 1. The van der Waals surface area contributed by atoms with Gasteiger partial charge in [-0.05, 0) is 30.0 Å². The standard InChI is InChI=1S/C11H15BrO/c1-9(7-8-13-2)10-3-5-11(12)6-4-10/h3-6,9H,7-8H2,1-2H3. The SMILES string of the molecule is COCCC(C)c1ccc(Br)cc1. The first-order valence-electron chi connectivity index (χ1n) is 4.48. The fourth-order valence-corrected chi connectivity index (χ4v) is 1.52. The lowest BCUT2D eigenvalue weighted by atomic mass is 9.98. The number of methoxy groups -OCH3 is 1. The monoisotopic (exact) mass is 242 g/mol. The van der Waals surface area contributed by atoms with Gasteiger partial charge < -0.3 is 4.74 Å². The molecule has 0 amide bonds. The Hall–Kier alpha value is -0.340. The largest absolute Gasteiger partial charge is 0.385 e. The maximum atomic E-state index is 5.05. The van der Waals surface area contributed by atoms with E-state index in [9.17, 15) is 0 Å². The Bertz CT molecular complexity index is 243. The van der Waals surface area contributed by atoms with Gasteiger partial charge in [0, 0.05) is 18.2 Å². The molecule has 1 rings (SSSR count). The maximum absolute atomic E-state index is 5.05. The van der Waals surface area contributed by atoms with Crippen molar-refractivity contribution in [3.05, 3.63) is 34.3 Å². The molecule has 0 N–H and O–H groups in total. The van der Waals surface area contributed by atoms with E-state index in [0.29, 0.717) is 5.92 Å². The van der Waals surface area contributed by atoms with E-state index in [4.69, 9.17) is 4.74 Å². The van der Waals surface area contributed by atoms with Crippen molar-refractivity contribution in [3.63, 3.8) is 0 Å². The Morgan fingerprint density at radius 1 is 1.31 bits per heavy atom. The topological polar surface area (TPSA) is 9.23 Å². The van der Waals surface area contributed by atoms with Crippen LogP contribution in [0, 0.1) is 0 Å². The van der Waals surface area contributed by atoms with Crippen molar-refractivity contribution in [2.75, 3.05) is 13.7 Å². The second-order valence-electron chi connectivity index (χ2n) is 3.23. The van der Waals surface area contributed by atoms with E-state index in [1.165, 1.54) is 5.56 Å². The zero-order valence-electron chi connectivity index (χ0n) is 8.09. The molecule has 0 spiro atoms. The summed E-state index contributed by atoms with van der Waals surface area (Å²) in [4.78, 5) is 0. The molecular formula is C11H15BrO. The minimum Gasteiger partial charge on any atom is -0.385 e. The average molecular weight is 243 g/mol. The van der Waals surface area contributed by atoms with Crippen molar-refractivity contribution in [1.82, 2.24) is 0 Å². The summed E-state index contributed by atoms with van der Waals surface area (Å²) in [6.07, 6.45) is 1.08. The Balaban J connectivity index is 2.55. The highest BCUT2D eigenvalue weighted by Gasteiger charge is 2.03. The molecule has 13 heavy (non-hydrogen) atoms. The van der Waals surface area contributed by atoms with Gasteiger partial charge in [-0.25, -0.2) is 0 Å². The lowest BCUT2D eigenvalue weighted by Gasteiger charge is -2.10. The van der Waals surface area contributed by atoms with Gasteiger partial charge in [-0.2, -0.15) is 0 Å². The third-order valence-electron chi connectivity index (χ3n) is 2.19. The number of ether oxygens (including phenoxy) is 1. The predicted molar refractivity (Wildman–Crippen MR) is 59.1 cm³/mol. The van der Waals surface area contributed by atoms with Crippen LogP contribution in [-0.4, -0.2) is 13.7 Å². The lowest BCUT2D eigenvalue weighted by molar-refractivity contribution is 0.189. The first kappa shape index (κ1) is 10.7. The first-order valence-corrected chi connectivity index (χ1v) is 5.27. The van der Waals surface area contributed by atoms with E-state index < -0.39 is 0 Å². The van der Waals surface area contributed by atoms with Gasteiger partial charge in [0.15, 0.2) is 0 Å². The van der Waals surface area contributed by atoms with Gasteiger partial charge in [-0.15, -0.1) is 0 Å². The van der Waals surface area contributed by atoms with Crippen molar-refractivity contribution in [2.24, 2.45) is 0 Å². The van der Waals surface area contributed by atoms with Crippen LogP contribution in [0.4, 0.5) is 0 Å². The molecule has 1 aromatic rings. The summed E-state index contributed by atoms with van der Waals surface area (Å²) < 4.78 is 6.18. The summed E-state index contributed by atoms with van der Waals surface area (Å²) in [5.41, 5.74) is 1.38. The molecule has 72 valence electrons. The number of rotatable bonds is 4. The van der Waals surface area contributed by atoms with Crippen LogP contribution in [0.5, 0.6) is 0 Å². The minimum absolute atomic E-state index is 0.577. The van der Waals surface area contributed by atoms with Crippen LogP contribution >= 0.6 is 15.9 Å². The van der Waals surface area contributed by atoms with Crippen molar-refractivity contribution in [3.8, 4) is 0 Å². The Labute approximate surface area is 88.2 Å².